The van der Waals surface area contributed by atoms with Crippen LogP contribution in [-0.4, -0.2) is 74.8 Å². The zero-order chi connectivity index (χ0) is 17.6. The van der Waals surface area contributed by atoms with Gasteiger partial charge in [0.05, 0.1) is 13.2 Å². The molecule has 1 unspecified atom stereocenters. The zero-order valence-electron chi connectivity index (χ0n) is 14.7. The molecule has 1 aromatic carbocycles. The van der Waals surface area contributed by atoms with Gasteiger partial charge in [-0.2, -0.15) is 0 Å². The fraction of sp³-hybridized carbons (Fsp3) is 0.611. The fourth-order valence-corrected chi connectivity index (χ4v) is 3.55. The smallest absolute Gasteiger partial charge is 0.193 e. The van der Waals surface area contributed by atoms with Crippen molar-refractivity contribution in [2.24, 2.45) is 4.99 Å². The molecule has 0 amide bonds. The molecule has 25 heavy (non-hydrogen) atoms. The number of guanidine groups is 1. The molecule has 0 spiro atoms. The van der Waals surface area contributed by atoms with Crippen LogP contribution in [0.25, 0.3) is 0 Å². The van der Waals surface area contributed by atoms with Gasteiger partial charge in [0, 0.05) is 45.8 Å². The van der Waals surface area contributed by atoms with Crippen molar-refractivity contribution in [1.82, 2.24) is 15.1 Å². The molecule has 2 aliphatic rings. The molecule has 1 atom stereocenters. The number of morpholine rings is 1. The SMILES string of the molecule is CN=C(NCCc1cc(F)ccc1F)N1CCC(N2CCOCC2)C1. The van der Waals surface area contributed by atoms with Crippen LogP contribution in [0.15, 0.2) is 23.2 Å². The summed E-state index contributed by atoms with van der Waals surface area (Å²) in [6.07, 6.45) is 1.53. The summed E-state index contributed by atoms with van der Waals surface area (Å²) in [4.78, 5) is 9.06. The number of likely N-dealkylation sites (tertiary alicyclic amines) is 1. The first-order chi connectivity index (χ1) is 12.2. The third-order valence-electron chi connectivity index (χ3n) is 4.92. The van der Waals surface area contributed by atoms with Crippen molar-refractivity contribution in [1.29, 1.82) is 0 Å². The quantitative estimate of drug-likeness (QED) is 0.658. The monoisotopic (exact) mass is 352 g/mol. The number of hydrogen-bond acceptors (Lipinski definition) is 3. The standard InChI is InChI=1S/C18H26F2N4O/c1-21-18(22-6-4-14-12-15(19)2-3-17(14)20)24-7-5-16(13-24)23-8-10-25-11-9-23/h2-3,12,16H,4-11,13H2,1H3,(H,21,22). The second-order valence-electron chi connectivity index (χ2n) is 6.50. The number of benzene rings is 1. The molecule has 7 heteroatoms. The van der Waals surface area contributed by atoms with Crippen LogP contribution in [0.1, 0.15) is 12.0 Å². The second kappa shape index (κ2) is 8.58. The van der Waals surface area contributed by atoms with E-state index in [1.54, 1.807) is 7.05 Å². The Kier molecular flexibility index (Phi) is 6.20. The highest BCUT2D eigenvalue weighted by Gasteiger charge is 2.30. The van der Waals surface area contributed by atoms with Crippen molar-refractivity contribution in [3.8, 4) is 0 Å². The molecule has 3 rings (SSSR count). The Balaban J connectivity index is 1.49. The maximum Gasteiger partial charge on any atom is 0.193 e. The van der Waals surface area contributed by atoms with E-state index in [9.17, 15) is 8.78 Å². The highest BCUT2D eigenvalue weighted by Crippen LogP contribution is 2.17. The Bertz CT molecular complexity index is 605. The molecule has 1 N–H and O–H groups in total. The number of aliphatic imine (C=N–C) groups is 1. The number of ether oxygens (including phenoxy) is 1. The summed E-state index contributed by atoms with van der Waals surface area (Å²) in [5.41, 5.74) is 0.385. The summed E-state index contributed by atoms with van der Waals surface area (Å²) in [6.45, 7) is 6.01. The Morgan fingerprint density at radius 1 is 1.28 bits per heavy atom. The lowest BCUT2D eigenvalue weighted by Gasteiger charge is -2.32. The molecule has 0 aromatic heterocycles. The van der Waals surface area contributed by atoms with Gasteiger partial charge in [-0.3, -0.25) is 9.89 Å². The molecule has 2 fully saturated rings. The summed E-state index contributed by atoms with van der Waals surface area (Å²) in [6, 6.07) is 4.10. The van der Waals surface area contributed by atoms with Gasteiger partial charge in [0.15, 0.2) is 5.96 Å². The minimum absolute atomic E-state index is 0.369. The van der Waals surface area contributed by atoms with E-state index in [-0.39, 0.29) is 5.82 Å². The Morgan fingerprint density at radius 2 is 2.08 bits per heavy atom. The van der Waals surface area contributed by atoms with Crippen molar-refractivity contribution in [2.45, 2.75) is 18.9 Å². The van der Waals surface area contributed by atoms with E-state index in [2.05, 4.69) is 20.1 Å². The summed E-state index contributed by atoms with van der Waals surface area (Å²) in [5, 5.41) is 3.27. The summed E-state index contributed by atoms with van der Waals surface area (Å²) >= 11 is 0. The molecule has 0 saturated carbocycles. The van der Waals surface area contributed by atoms with Gasteiger partial charge in [-0.1, -0.05) is 0 Å². The Labute approximate surface area is 147 Å². The normalized spacial score (nSPS) is 22.4. The van der Waals surface area contributed by atoms with Crippen LogP contribution in [-0.2, 0) is 11.2 Å². The van der Waals surface area contributed by atoms with E-state index in [1.807, 2.05) is 0 Å². The lowest BCUT2D eigenvalue weighted by Crippen LogP contribution is -2.46. The minimum Gasteiger partial charge on any atom is -0.379 e. The number of nitrogens with one attached hydrogen (secondary N) is 1. The zero-order valence-corrected chi connectivity index (χ0v) is 14.7. The van der Waals surface area contributed by atoms with Crippen LogP contribution in [0.2, 0.25) is 0 Å². The fourth-order valence-electron chi connectivity index (χ4n) is 3.55. The average molecular weight is 352 g/mol. The Morgan fingerprint density at radius 3 is 2.84 bits per heavy atom. The van der Waals surface area contributed by atoms with Crippen LogP contribution in [0, 0.1) is 11.6 Å². The van der Waals surface area contributed by atoms with E-state index in [0.717, 1.165) is 57.8 Å². The molecule has 0 aliphatic carbocycles. The van der Waals surface area contributed by atoms with Crippen LogP contribution in [0.3, 0.4) is 0 Å². The topological polar surface area (TPSA) is 40.1 Å². The molecule has 2 saturated heterocycles. The third-order valence-corrected chi connectivity index (χ3v) is 4.92. The van der Waals surface area contributed by atoms with Crippen molar-refractivity contribution in [3.63, 3.8) is 0 Å². The maximum absolute atomic E-state index is 13.7. The largest absolute Gasteiger partial charge is 0.379 e. The summed E-state index contributed by atoms with van der Waals surface area (Å²) in [5.74, 6) is 0.0491. The first-order valence-corrected chi connectivity index (χ1v) is 8.88. The lowest BCUT2D eigenvalue weighted by atomic mass is 10.1. The highest BCUT2D eigenvalue weighted by molar-refractivity contribution is 5.80. The third kappa shape index (κ3) is 4.67. The first kappa shape index (κ1) is 18.1. The lowest BCUT2D eigenvalue weighted by molar-refractivity contribution is 0.0195. The van der Waals surface area contributed by atoms with Gasteiger partial charge in [-0.05, 0) is 36.6 Å². The summed E-state index contributed by atoms with van der Waals surface area (Å²) < 4.78 is 32.3. The molecule has 138 valence electrons. The number of hydrogen-bond donors (Lipinski definition) is 1. The highest BCUT2D eigenvalue weighted by atomic mass is 19.1. The molecule has 0 bridgehead atoms. The van der Waals surface area contributed by atoms with Crippen molar-refractivity contribution in [3.05, 3.63) is 35.4 Å². The van der Waals surface area contributed by atoms with E-state index in [1.165, 1.54) is 12.1 Å². The van der Waals surface area contributed by atoms with Gasteiger partial charge < -0.3 is 15.0 Å². The van der Waals surface area contributed by atoms with Gasteiger partial charge >= 0.3 is 0 Å². The Hall–Kier alpha value is -1.73. The van der Waals surface area contributed by atoms with Crippen LogP contribution in [0.4, 0.5) is 8.78 Å². The number of halogens is 2. The molecule has 5 nitrogen and oxygen atoms in total. The molecular formula is C18H26F2N4O. The molecule has 2 heterocycles. The van der Waals surface area contributed by atoms with E-state index in [0.29, 0.717) is 24.6 Å². The predicted molar refractivity (Wildman–Crippen MR) is 93.8 cm³/mol. The van der Waals surface area contributed by atoms with Crippen LogP contribution < -0.4 is 5.32 Å². The molecule has 0 radical (unpaired) electrons. The minimum atomic E-state index is -0.409. The summed E-state index contributed by atoms with van der Waals surface area (Å²) in [7, 11) is 1.76. The van der Waals surface area contributed by atoms with Crippen LogP contribution in [0.5, 0.6) is 0 Å². The van der Waals surface area contributed by atoms with E-state index in [4.69, 9.17) is 4.74 Å². The maximum atomic E-state index is 13.7. The van der Waals surface area contributed by atoms with Crippen molar-refractivity contribution >= 4 is 5.96 Å². The first-order valence-electron chi connectivity index (χ1n) is 8.88. The van der Waals surface area contributed by atoms with Crippen LogP contribution >= 0.6 is 0 Å². The molecular weight excluding hydrogens is 326 g/mol. The van der Waals surface area contributed by atoms with Gasteiger partial charge in [-0.25, -0.2) is 8.78 Å². The van der Waals surface area contributed by atoms with Gasteiger partial charge in [0.2, 0.25) is 0 Å². The van der Waals surface area contributed by atoms with Gasteiger partial charge in [-0.15, -0.1) is 0 Å². The van der Waals surface area contributed by atoms with E-state index >= 15 is 0 Å². The van der Waals surface area contributed by atoms with E-state index < -0.39 is 5.82 Å². The average Bonchev–Trinajstić information content (AvgIpc) is 3.12. The van der Waals surface area contributed by atoms with Crippen molar-refractivity contribution in [2.75, 3.05) is 53.0 Å². The second-order valence-corrected chi connectivity index (χ2v) is 6.50. The van der Waals surface area contributed by atoms with Crippen molar-refractivity contribution < 1.29 is 13.5 Å². The van der Waals surface area contributed by atoms with Gasteiger partial charge in [0.25, 0.3) is 0 Å². The number of nitrogens with zero attached hydrogens (tertiary/aromatic N) is 3. The van der Waals surface area contributed by atoms with Gasteiger partial charge in [0.1, 0.15) is 11.6 Å². The molecule has 1 aromatic rings. The predicted octanol–water partition coefficient (Wildman–Crippen LogP) is 1.49. The number of rotatable bonds is 4. The molecule has 2 aliphatic heterocycles.